The van der Waals surface area contributed by atoms with Crippen LogP contribution >= 0.6 is 0 Å². The van der Waals surface area contributed by atoms with Crippen molar-refractivity contribution in [2.75, 3.05) is 56.9 Å². The van der Waals surface area contributed by atoms with Crippen molar-refractivity contribution < 1.29 is 56.1 Å². The summed E-state index contributed by atoms with van der Waals surface area (Å²) in [6, 6.07) is 10.6. The van der Waals surface area contributed by atoms with Gasteiger partial charge in [0.2, 0.25) is 0 Å². The zero-order valence-electron chi connectivity index (χ0n) is 46.2. The average molecular weight is 1130 g/mol. The quantitative estimate of drug-likeness (QED) is 0.0587. The third-order valence-corrected chi connectivity index (χ3v) is 14.6. The van der Waals surface area contributed by atoms with Crippen LogP contribution in [0.15, 0.2) is 61.1 Å². The Morgan fingerprint density at radius 1 is 0.561 bits per heavy atom. The van der Waals surface area contributed by atoms with Crippen molar-refractivity contribution in [3.8, 4) is 40.9 Å². The predicted octanol–water partition coefficient (Wildman–Crippen LogP) is 4.81. The number of methoxy groups -OCH3 is 3. The fourth-order valence-electron chi connectivity index (χ4n) is 9.94. The van der Waals surface area contributed by atoms with Gasteiger partial charge in [-0.25, -0.2) is 28.1 Å². The number of aromatic nitrogens is 3. The number of rotatable bonds is 16. The van der Waals surface area contributed by atoms with Crippen LogP contribution in [0.25, 0.3) is 32.3 Å². The van der Waals surface area contributed by atoms with Crippen LogP contribution in [0.5, 0.6) is 17.2 Å². The smallest absolute Gasteiger partial charge is 0.255 e. The van der Waals surface area contributed by atoms with Gasteiger partial charge in [-0.05, 0) is 68.1 Å². The largest absolute Gasteiger partial charge is 0.496 e. The molecular formula is C58H63F3N12O9. The number of carbonyl (C=O) groups is 6. The summed E-state index contributed by atoms with van der Waals surface area (Å²) in [5, 5.41) is 21.7. The van der Waals surface area contributed by atoms with Gasteiger partial charge >= 0.3 is 0 Å². The van der Waals surface area contributed by atoms with Crippen molar-refractivity contribution >= 4 is 85.2 Å². The van der Waals surface area contributed by atoms with E-state index in [1.165, 1.54) is 21.3 Å². The van der Waals surface area contributed by atoms with Crippen LogP contribution in [0.3, 0.4) is 0 Å². The molecule has 0 spiro atoms. The number of primary amides is 3. The first-order chi connectivity index (χ1) is 39.2. The van der Waals surface area contributed by atoms with Gasteiger partial charge in [0.25, 0.3) is 35.4 Å². The van der Waals surface area contributed by atoms with Crippen LogP contribution < -0.4 is 63.3 Å². The molecule has 3 saturated heterocycles. The van der Waals surface area contributed by atoms with Crippen LogP contribution in [-0.4, -0.2) is 128 Å². The topological polar surface area (TPSA) is 319 Å². The molecule has 0 saturated carbocycles. The Balaban J connectivity index is 0.000000178. The standard InChI is InChI=1S/C21H23FN4O3.C20H21FN4O3.C17H19FN4O3/c1-4-6-11-9-24-20(25-10-16-12(5-2)18(22)21(28)26-16)14-8-17(29-3)15(19(23)27)7-13(11)14;1-4-5-11-8-23-19(24-9-15-10(2)17(21)20(27)25-15)13-7-16(28-3)14(18(22)26)6-12(11)13;1-8-12(22-17(24)14(8)18)7-21-16-10-6-13(25-2)11(15(19)23)5-9(10)3-4-20-16/h7-9,12,16,18H,5,10H2,1-3H3,(H2,23,27)(H,24,25)(H,26,28);6-8,10,15,17H,9H2,1-3H3,(H2,22,26)(H,23,24)(H,25,27);3-6,8,12,14H,7H2,1-2H3,(H2,19,23)(H,20,21)(H,22,24)/t12-,16?,18-;10-,15?,17-;8-,12?,14-/m000/s1. The molecule has 3 aliphatic heterocycles. The zero-order valence-corrected chi connectivity index (χ0v) is 46.2. The minimum atomic E-state index is -1.52. The SMILES string of the molecule is CC#Cc1cnc(NCC2NC(=O)[C@@H](F)[C@H]2C)c2cc(OC)c(C(N)=O)cc12.CC#Cc1cnc(NCC2NC(=O)[C@@H](F)[C@H]2CC)c2cc(OC)c(C(N)=O)cc12.COc1cc2c(NCC3NC(=O)[C@@H](F)[C@H]3C)nccc2cc1C(N)=O. The highest BCUT2D eigenvalue weighted by atomic mass is 19.1. The minimum Gasteiger partial charge on any atom is -0.496 e. The number of nitrogens with one attached hydrogen (secondary N) is 6. The summed E-state index contributed by atoms with van der Waals surface area (Å²) >= 11 is 0. The summed E-state index contributed by atoms with van der Waals surface area (Å²) in [5.74, 6) is 9.28. The van der Waals surface area contributed by atoms with E-state index in [-0.39, 0.29) is 34.8 Å². The highest BCUT2D eigenvalue weighted by molar-refractivity contribution is 6.07. The molecule has 0 radical (unpaired) electrons. The molecule has 0 aliphatic carbocycles. The van der Waals surface area contributed by atoms with Crippen molar-refractivity contribution in [1.29, 1.82) is 0 Å². The summed E-state index contributed by atoms with van der Waals surface area (Å²) in [6.07, 6.45) is 0.811. The molecule has 9 atom stereocenters. The molecule has 3 aliphatic rings. The molecule has 24 heteroatoms. The summed E-state index contributed by atoms with van der Waals surface area (Å²) in [4.78, 5) is 82.9. The zero-order chi connectivity index (χ0) is 59.7. The molecule has 6 aromatic rings. The van der Waals surface area contributed by atoms with Gasteiger partial charge in [0.15, 0.2) is 18.5 Å². The lowest BCUT2D eigenvalue weighted by molar-refractivity contribution is -0.124. The molecule has 21 nitrogen and oxygen atoms in total. The van der Waals surface area contributed by atoms with Gasteiger partial charge in [-0.3, -0.25) is 28.8 Å². The highest BCUT2D eigenvalue weighted by Crippen LogP contribution is 2.35. The molecule has 3 aromatic carbocycles. The number of nitrogens with two attached hydrogens (primary N) is 3. The lowest BCUT2D eigenvalue weighted by Crippen LogP contribution is -2.35. The van der Waals surface area contributed by atoms with Crippen LogP contribution in [0.1, 0.15) is 83.2 Å². The third kappa shape index (κ3) is 12.7. The molecule has 6 amide bonds. The number of benzene rings is 3. The monoisotopic (exact) mass is 1130 g/mol. The number of hydrogen-bond donors (Lipinski definition) is 9. The minimum absolute atomic E-state index is 0.239. The Kier molecular flexibility index (Phi) is 19.1. The van der Waals surface area contributed by atoms with Crippen molar-refractivity contribution in [3.63, 3.8) is 0 Å². The van der Waals surface area contributed by atoms with Gasteiger partial charge in [-0.2, -0.15) is 0 Å². The van der Waals surface area contributed by atoms with Crippen molar-refractivity contribution in [3.05, 3.63) is 88.9 Å². The summed E-state index contributed by atoms with van der Waals surface area (Å²) < 4.78 is 57.3. The lowest BCUT2D eigenvalue weighted by atomic mass is 9.96. The Labute approximate surface area is 470 Å². The molecular weight excluding hydrogens is 1070 g/mol. The number of halogens is 3. The van der Waals surface area contributed by atoms with E-state index in [9.17, 15) is 41.9 Å². The van der Waals surface area contributed by atoms with E-state index in [0.29, 0.717) is 93.4 Å². The molecule has 430 valence electrons. The second kappa shape index (κ2) is 26.1. The Bertz CT molecular complexity index is 3620. The maximum atomic E-state index is 14.0. The summed E-state index contributed by atoms with van der Waals surface area (Å²) in [7, 11) is 4.35. The number of amides is 6. The van der Waals surface area contributed by atoms with E-state index < -0.39 is 71.7 Å². The fourth-order valence-corrected chi connectivity index (χ4v) is 9.94. The van der Waals surface area contributed by atoms with Crippen molar-refractivity contribution in [2.45, 2.75) is 77.7 Å². The van der Waals surface area contributed by atoms with Gasteiger partial charge in [0, 0.05) is 82.9 Å². The molecule has 82 heavy (non-hydrogen) atoms. The summed E-state index contributed by atoms with van der Waals surface area (Å²) in [5.41, 5.74) is 18.4. The number of anilines is 3. The van der Waals surface area contributed by atoms with E-state index >= 15 is 0 Å². The van der Waals surface area contributed by atoms with Crippen LogP contribution in [0.2, 0.25) is 0 Å². The normalized spacial score (nSPS) is 21.4. The molecule has 3 unspecified atom stereocenters. The number of nitrogens with zero attached hydrogens (tertiary/aromatic N) is 3. The Morgan fingerprint density at radius 3 is 1.32 bits per heavy atom. The second-order valence-electron chi connectivity index (χ2n) is 19.5. The molecule has 12 N–H and O–H groups in total. The number of pyridine rings is 3. The molecule has 6 heterocycles. The van der Waals surface area contributed by atoms with Gasteiger partial charge in [0.1, 0.15) is 34.7 Å². The third-order valence-electron chi connectivity index (χ3n) is 14.6. The number of carbonyl (C=O) groups excluding carboxylic acids is 6. The van der Waals surface area contributed by atoms with Crippen molar-refractivity contribution in [1.82, 2.24) is 30.9 Å². The maximum absolute atomic E-state index is 14.0. The molecule has 0 bridgehead atoms. The average Bonchev–Trinajstić information content (AvgIpc) is 4.12. The van der Waals surface area contributed by atoms with E-state index in [1.807, 2.05) is 6.92 Å². The van der Waals surface area contributed by atoms with E-state index in [2.05, 4.69) is 70.5 Å². The van der Waals surface area contributed by atoms with E-state index in [4.69, 9.17) is 31.4 Å². The first-order valence-electron chi connectivity index (χ1n) is 26.0. The van der Waals surface area contributed by atoms with Crippen LogP contribution in [-0.2, 0) is 14.4 Å². The first-order valence-corrected chi connectivity index (χ1v) is 26.0. The second-order valence-corrected chi connectivity index (χ2v) is 19.5. The number of hydrogen-bond acceptors (Lipinski definition) is 15. The van der Waals surface area contributed by atoms with E-state index in [0.717, 1.165) is 10.8 Å². The number of fused-ring (bicyclic) bond motifs is 3. The van der Waals surface area contributed by atoms with E-state index in [1.54, 1.807) is 88.8 Å². The number of ether oxygens (including phenoxy) is 3. The number of alkyl halides is 3. The molecule has 9 rings (SSSR count). The molecule has 3 fully saturated rings. The summed E-state index contributed by atoms with van der Waals surface area (Å²) in [6.45, 7) is 9.58. The van der Waals surface area contributed by atoms with Crippen LogP contribution in [0.4, 0.5) is 30.6 Å². The van der Waals surface area contributed by atoms with Gasteiger partial charge in [-0.15, -0.1) is 11.8 Å². The lowest BCUT2D eigenvalue weighted by Gasteiger charge is -2.20. The van der Waals surface area contributed by atoms with Gasteiger partial charge in [0.05, 0.1) is 67.3 Å². The van der Waals surface area contributed by atoms with Crippen molar-refractivity contribution in [2.24, 2.45) is 35.0 Å². The Hall–Kier alpha value is -9.58. The van der Waals surface area contributed by atoms with Gasteiger partial charge in [-0.1, -0.05) is 32.6 Å². The van der Waals surface area contributed by atoms with Crippen LogP contribution in [0, 0.1) is 41.4 Å². The predicted molar refractivity (Wildman–Crippen MR) is 304 cm³/mol. The highest BCUT2D eigenvalue weighted by Gasteiger charge is 2.42. The maximum Gasteiger partial charge on any atom is 0.255 e. The fraction of sp³-hybridized carbons (Fsp3) is 0.362. The first kappa shape index (κ1) is 60.1. The molecule has 3 aromatic heterocycles. The Morgan fingerprint density at radius 2 is 0.939 bits per heavy atom. The van der Waals surface area contributed by atoms with Gasteiger partial charge < -0.3 is 63.3 Å².